The van der Waals surface area contributed by atoms with E-state index in [1.807, 2.05) is 59.9 Å². The smallest absolute Gasteiger partial charge is 0.240 e. The summed E-state index contributed by atoms with van der Waals surface area (Å²) in [6.07, 6.45) is 7.34. The van der Waals surface area contributed by atoms with E-state index >= 15 is 0 Å². The van der Waals surface area contributed by atoms with Crippen LogP contribution in [0.1, 0.15) is 48.4 Å². The number of hydrogen-bond acceptors (Lipinski definition) is 6. The fourth-order valence-electron chi connectivity index (χ4n) is 5.52. The number of piperidine rings is 1. The molecule has 0 saturated carbocycles. The minimum absolute atomic E-state index is 0.0811. The highest BCUT2D eigenvalue weighted by atomic mass is 32.2. The number of nitrogens with zero attached hydrogens (tertiary/aromatic N) is 6. The molecule has 2 aromatic heterocycles. The molecule has 1 aromatic carbocycles. The Kier molecular flexibility index (Phi) is 4.44. The second-order valence-corrected chi connectivity index (χ2v) is 10.5. The van der Waals surface area contributed by atoms with Gasteiger partial charge in [0.05, 0.1) is 29.2 Å². The Hall–Kier alpha value is -3.05. The van der Waals surface area contributed by atoms with Crippen molar-refractivity contribution in [3.05, 3.63) is 59.4 Å². The van der Waals surface area contributed by atoms with Crippen LogP contribution in [0, 0.1) is 18.3 Å². The summed E-state index contributed by atoms with van der Waals surface area (Å²) < 4.78 is 1.58. The maximum absolute atomic E-state index is 13.8. The lowest BCUT2D eigenvalue weighted by molar-refractivity contribution is -0.134. The van der Waals surface area contributed by atoms with E-state index in [0.717, 1.165) is 61.4 Å². The van der Waals surface area contributed by atoms with Crippen LogP contribution in [0.2, 0.25) is 0 Å². The molecule has 5 heterocycles. The van der Waals surface area contributed by atoms with Crippen molar-refractivity contribution in [2.45, 2.75) is 48.8 Å². The monoisotopic (exact) mass is 444 g/mol. The summed E-state index contributed by atoms with van der Waals surface area (Å²) in [6, 6.07) is 12.1. The van der Waals surface area contributed by atoms with Crippen molar-refractivity contribution in [3.63, 3.8) is 0 Å². The Bertz CT molecular complexity index is 1250. The zero-order valence-electron chi connectivity index (χ0n) is 17.9. The van der Waals surface area contributed by atoms with Gasteiger partial charge in [0, 0.05) is 24.8 Å². The average Bonchev–Trinajstić information content (AvgIpc) is 3.49. The molecule has 8 heteroatoms. The molecule has 3 aromatic rings. The summed E-state index contributed by atoms with van der Waals surface area (Å²) >= 11 is 1.88. The summed E-state index contributed by atoms with van der Waals surface area (Å²) in [6.45, 7) is 3.67. The predicted octanol–water partition coefficient (Wildman–Crippen LogP) is 3.69. The molecule has 1 spiro atoms. The summed E-state index contributed by atoms with van der Waals surface area (Å²) in [5.74, 6) is 1.33. The number of rotatable bonds is 2. The first-order valence-corrected chi connectivity index (χ1v) is 12.0. The number of nitriles is 1. The van der Waals surface area contributed by atoms with Crippen LogP contribution in [0.25, 0.3) is 5.65 Å². The number of anilines is 1. The molecule has 2 atom stereocenters. The van der Waals surface area contributed by atoms with E-state index in [9.17, 15) is 10.1 Å². The van der Waals surface area contributed by atoms with Gasteiger partial charge in [-0.2, -0.15) is 14.9 Å². The Balaban J connectivity index is 1.23. The molecule has 162 valence electrons. The molecule has 6 rings (SSSR count). The number of aryl methyl sites for hydroxylation is 1. The lowest BCUT2D eigenvalue weighted by atomic mass is 9.93. The number of thioether (sulfide) groups is 1. The average molecular weight is 445 g/mol. The molecular formula is C24H24N6OS. The first-order valence-electron chi connectivity index (χ1n) is 11.1. The quantitative estimate of drug-likeness (QED) is 0.600. The van der Waals surface area contributed by atoms with E-state index in [-0.39, 0.29) is 22.1 Å². The van der Waals surface area contributed by atoms with Gasteiger partial charge in [0.15, 0.2) is 5.65 Å². The van der Waals surface area contributed by atoms with Crippen molar-refractivity contribution in [2.24, 2.45) is 0 Å². The van der Waals surface area contributed by atoms with Gasteiger partial charge >= 0.3 is 0 Å². The third-order valence-corrected chi connectivity index (χ3v) is 8.94. The Labute approximate surface area is 191 Å². The Morgan fingerprint density at radius 1 is 1.22 bits per heavy atom. The minimum Gasteiger partial charge on any atom is -0.356 e. The van der Waals surface area contributed by atoms with E-state index < -0.39 is 0 Å². The number of benzene rings is 1. The molecule has 0 unspecified atom stereocenters. The van der Waals surface area contributed by atoms with Gasteiger partial charge in [-0.15, -0.1) is 11.8 Å². The Morgan fingerprint density at radius 2 is 2.06 bits per heavy atom. The standard InChI is InChI=1S/C24H24N6OS/c1-16-15-27-30-20(7-10-26-22(16)30)28-11-8-24(9-12-28)23(31)29-19(5-6-21(29)32-24)18-4-2-3-17(13-18)14-25/h2-4,7,10,13,15,19,21H,5-6,8-9,11-12H2,1H3/t19-,21+/m0/s1. The number of amides is 1. The van der Waals surface area contributed by atoms with Crippen molar-refractivity contribution < 1.29 is 4.79 Å². The van der Waals surface area contributed by atoms with Crippen molar-refractivity contribution in [1.29, 1.82) is 5.26 Å². The molecule has 3 saturated heterocycles. The van der Waals surface area contributed by atoms with Crippen molar-refractivity contribution >= 4 is 29.1 Å². The zero-order valence-corrected chi connectivity index (χ0v) is 18.8. The second kappa shape index (κ2) is 7.24. The topological polar surface area (TPSA) is 77.5 Å². The largest absolute Gasteiger partial charge is 0.356 e. The third kappa shape index (κ3) is 2.84. The first-order chi connectivity index (χ1) is 15.6. The van der Waals surface area contributed by atoms with Gasteiger partial charge in [-0.25, -0.2) is 4.98 Å². The lowest BCUT2D eigenvalue weighted by Gasteiger charge is -2.38. The Morgan fingerprint density at radius 3 is 2.88 bits per heavy atom. The van der Waals surface area contributed by atoms with Crippen LogP contribution < -0.4 is 4.90 Å². The highest BCUT2D eigenvalue weighted by molar-refractivity contribution is 8.02. The van der Waals surface area contributed by atoms with Crippen molar-refractivity contribution in [1.82, 2.24) is 19.5 Å². The molecule has 7 nitrogen and oxygen atoms in total. The van der Waals surface area contributed by atoms with Crippen LogP contribution in [0.4, 0.5) is 5.82 Å². The van der Waals surface area contributed by atoms with Gasteiger partial charge in [-0.3, -0.25) is 4.79 Å². The molecule has 3 aliphatic rings. The third-order valence-electron chi connectivity index (χ3n) is 7.17. The van der Waals surface area contributed by atoms with Gasteiger partial charge in [-0.1, -0.05) is 12.1 Å². The minimum atomic E-state index is -0.334. The molecule has 1 amide bonds. The van der Waals surface area contributed by atoms with Crippen LogP contribution >= 0.6 is 11.8 Å². The van der Waals surface area contributed by atoms with Gasteiger partial charge in [0.25, 0.3) is 0 Å². The van der Waals surface area contributed by atoms with E-state index in [1.54, 1.807) is 0 Å². The molecule has 0 radical (unpaired) electrons. The zero-order chi connectivity index (χ0) is 21.9. The molecule has 0 N–H and O–H groups in total. The lowest BCUT2D eigenvalue weighted by Crippen LogP contribution is -2.48. The van der Waals surface area contributed by atoms with Gasteiger partial charge < -0.3 is 9.80 Å². The number of aromatic nitrogens is 3. The fourth-order valence-corrected chi connectivity index (χ4v) is 7.27. The van der Waals surface area contributed by atoms with Crippen LogP contribution in [0.15, 0.2) is 42.7 Å². The van der Waals surface area contributed by atoms with Crippen LogP contribution in [-0.2, 0) is 4.79 Å². The summed E-state index contributed by atoms with van der Waals surface area (Å²) in [7, 11) is 0. The first kappa shape index (κ1) is 19.6. The number of carbonyl (C=O) groups excluding carboxylic acids is 1. The van der Waals surface area contributed by atoms with Crippen LogP contribution in [-0.4, -0.2) is 48.6 Å². The van der Waals surface area contributed by atoms with E-state index in [2.05, 4.69) is 32.0 Å². The van der Waals surface area contributed by atoms with Gasteiger partial charge in [0.1, 0.15) is 10.6 Å². The number of carbonyl (C=O) groups is 1. The summed E-state index contributed by atoms with van der Waals surface area (Å²) in [5.41, 5.74) is 3.69. The van der Waals surface area contributed by atoms with Gasteiger partial charge in [-0.05, 0) is 56.4 Å². The second-order valence-electron chi connectivity index (χ2n) is 8.96. The maximum atomic E-state index is 13.8. The highest BCUT2D eigenvalue weighted by Crippen LogP contribution is 2.55. The normalized spacial score (nSPS) is 24.3. The SMILES string of the molecule is Cc1cnn2c(N3CCC4(CC3)S[C@@H]3CC[C@@H](c5cccc(C#N)c5)N3C4=O)ccnc12. The summed E-state index contributed by atoms with van der Waals surface area (Å²) in [4.78, 5) is 22.7. The number of fused-ring (bicyclic) bond motifs is 2. The molecule has 32 heavy (non-hydrogen) atoms. The van der Waals surface area contributed by atoms with Crippen molar-refractivity contribution in [3.8, 4) is 6.07 Å². The molecule has 3 fully saturated rings. The summed E-state index contributed by atoms with van der Waals surface area (Å²) in [5, 5.41) is 14.0. The molecule has 0 bridgehead atoms. The van der Waals surface area contributed by atoms with E-state index in [4.69, 9.17) is 0 Å². The molecular weight excluding hydrogens is 420 g/mol. The van der Waals surface area contributed by atoms with Crippen LogP contribution in [0.5, 0.6) is 0 Å². The van der Waals surface area contributed by atoms with Crippen LogP contribution in [0.3, 0.4) is 0 Å². The molecule has 0 aliphatic carbocycles. The maximum Gasteiger partial charge on any atom is 0.240 e. The van der Waals surface area contributed by atoms with E-state index in [0.29, 0.717) is 5.56 Å². The van der Waals surface area contributed by atoms with E-state index in [1.165, 1.54) is 0 Å². The van der Waals surface area contributed by atoms with Crippen molar-refractivity contribution in [2.75, 3.05) is 18.0 Å². The fraction of sp³-hybridized carbons (Fsp3) is 0.417. The van der Waals surface area contributed by atoms with Gasteiger partial charge in [0.2, 0.25) is 5.91 Å². The predicted molar refractivity (Wildman–Crippen MR) is 123 cm³/mol. The number of hydrogen-bond donors (Lipinski definition) is 0. The highest BCUT2D eigenvalue weighted by Gasteiger charge is 2.57. The molecule has 3 aliphatic heterocycles.